The molecule has 2 aromatic carbocycles. The monoisotopic (exact) mass is 426 g/mol. The Morgan fingerprint density at radius 1 is 1.16 bits per heavy atom. The minimum absolute atomic E-state index is 0.0515. The number of likely N-dealkylation sites (N-methyl/N-ethyl adjacent to an activating group) is 1. The van der Waals surface area contributed by atoms with Crippen LogP contribution in [0.15, 0.2) is 59.8 Å². The predicted molar refractivity (Wildman–Crippen MR) is 115 cm³/mol. The standard InChI is InChI=1S/C24H27FN2O4/c1-5-30-23(28)21-20(14-31-17-12-10-16(11-13-17)15(2)3)27(4)24(29)26-22(21)18-8-6-7-9-19(18)25/h6-13,15,22H,5,14H2,1-4H3,(H,26,29)/t22-/m1/s1. The highest BCUT2D eigenvalue weighted by atomic mass is 19.1. The summed E-state index contributed by atoms with van der Waals surface area (Å²) in [4.78, 5) is 26.8. The van der Waals surface area contributed by atoms with E-state index >= 15 is 0 Å². The van der Waals surface area contributed by atoms with Gasteiger partial charge in [-0.2, -0.15) is 0 Å². The van der Waals surface area contributed by atoms with E-state index in [9.17, 15) is 14.0 Å². The lowest BCUT2D eigenvalue weighted by Gasteiger charge is -2.34. The van der Waals surface area contributed by atoms with Crippen LogP contribution in [0.3, 0.4) is 0 Å². The molecule has 3 rings (SSSR count). The molecule has 1 aliphatic rings. The predicted octanol–water partition coefficient (Wildman–Crippen LogP) is 4.54. The number of rotatable bonds is 7. The molecular formula is C24H27FN2O4. The molecule has 6 nitrogen and oxygen atoms in total. The van der Waals surface area contributed by atoms with Gasteiger partial charge < -0.3 is 14.8 Å². The summed E-state index contributed by atoms with van der Waals surface area (Å²) in [5.74, 6) is -0.163. The first-order chi connectivity index (χ1) is 14.8. The summed E-state index contributed by atoms with van der Waals surface area (Å²) in [6.07, 6.45) is 0. The average Bonchev–Trinajstić information content (AvgIpc) is 2.75. The molecule has 0 aromatic heterocycles. The van der Waals surface area contributed by atoms with Gasteiger partial charge in [-0.05, 0) is 36.6 Å². The van der Waals surface area contributed by atoms with Crippen molar-refractivity contribution in [3.63, 3.8) is 0 Å². The zero-order chi connectivity index (χ0) is 22.5. The molecule has 31 heavy (non-hydrogen) atoms. The zero-order valence-corrected chi connectivity index (χ0v) is 18.1. The first-order valence-corrected chi connectivity index (χ1v) is 10.2. The summed E-state index contributed by atoms with van der Waals surface area (Å²) in [5, 5.41) is 2.69. The van der Waals surface area contributed by atoms with Crippen LogP contribution in [0.2, 0.25) is 0 Å². The van der Waals surface area contributed by atoms with Crippen molar-refractivity contribution in [1.82, 2.24) is 10.2 Å². The van der Waals surface area contributed by atoms with Crippen LogP contribution in [-0.4, -0.2) is 37.2 Å². The maximum Gasteiger partial charge on any atom is 0.338 e. The summed E-state index contributed by atoms with van der Waals surface area (Å²) < 4.78 is 25.6. The Morgan fingerprint density at radius 3 is 2.45 bits per heavy atom. The lowest BCUT2D eigenvalue weighted by molar-refractivity contribution is -0.139. The maximum absolute atomic E-state index is 14.5. The molecule has 1 N–H and O–H groups in total. The Balaban J connectivity index is 1.99. The Hall–Kier alpha value is -3.35. The van der Waals surface area contributed by atoms with Crippen molar-refractivity contribution in [3.8, 4) is 5.75 Å². The number of hydrogen-bond donors (Lipinski definition) is 1. The second-order valence-electron chi connectivity index (χ2n) is 7.56. The van der Waals surface area contributed by atoms with E-state index in [-0.39, 0.29) is 24.4 Å². The maximum atomic E-state index is 14.5. The molecule has 0 bridgehead atoms. The fraction of sp³-hybridized carbons (Fsp3) is 0.333. The molecule has 7 heteroatoms. The molecule has 1 heterocycles. The first kappa shape index (κ1) is 22.3. The van der Waals surface area contributed by atoms with Crippen molar-refractivity contribution < 1.29 is 23.5 Å². The summed E-state index contributed by atoms with van der Waals surface area (Å²) in [5.41, 5.74) is 1.83. The van der Waals surface area contributed by atoms with Gasteiger partial charge >= 0.3 is 12.0 Å². The SMILES string of the molecule is CCOC(=O)C1=C(COc2ccc(C(C)C)cc2)N(C)C(=O)N[C@@H]1c1ccccc1F. The number of nitrogens with one attached hydrogen (secondary N) is 1. The molecule has 164 valence electrons. The van der Waals surface area contributed by atoms with E-state index in [4.69, 9.17) is 9.47 Å². The fourth-order valence-electron chi connectivity index (χ4n) is 3.42. The van der Waals surface area contributed by atoms with Crippen LogP contribution in [0.25, 0.3) is 0 Å². The van der Waals surface area contributed by atoms with Crippen LogP contribution in [0, 0.1) is 5.82 Å². The number of hydrogen-bond acceptors (Lipinski definition) is 4. The van der Waals surface area contributed by atoms with Crippen molar-refractivity contribution in [2.45, 2.75) is 32.7 Å². The second-order valence-corrected chi connectivity index (χ2v) is 7.56. The van der Waals surface area contributed by atoms with Gasteiger partial charge in [0, 0.05) is 12.6 Å². The van der Waals surface area contributed by atoms with Gasteiger partial charge in [0.2, 0.25) is 0 Å². The zero-order valence-electron chi connectivity index (χ0n) is 18.1. The molecule has 0 saturated carbocycles. The quantitative estimate of drug-likeness (QED) is 0.660. The lowest BCUT2D eigenvalue weighted by atomic mass is 9.94. The minimum atomic E-state index is -0.981. The molecule has 0 aliphatic carbocycles. The summed E-state index contributed by atoms with van der Waals surface area (Å²) in [7, 11) is 1.53. The van der Waals surface area contributed by atoms with Crippen molar-refractivity contribution in [2.24, 2.45) is 0 Å². The molecule has 0 radical (unpaired) electrons. The third kappa shape index (κ3) is 4.87. The molecule has 0 unspecified atom stereocenters. The van der Waals surface area contributed by atoms with Gasteiger partial charge in [0.25, 0.3) is 0 Å². The highest BCUT2D eigenvalue weighted by Gasteiger charge is 2.38. The number of halogens is 1. The Morgan fingerprint density at radius 2 is 1.84 bits per heavy atom. The molecule has 2 aromatic rings. The summed E-state index contributed by atoms with van der Waals surface area (Å²) >= 11 is 0. The number of esters is 1. The van der Waals surface area contributed by atoms with E-state index in [2.05, 4.69) is 19.2 Å². The number of carbonyl (C=O) groups excluding carboxylic acids is 2. The van der Waals surface area contributed by atoms with Crippen LogP contribution in [0.5, 0.6) is 5.75 Å². The summed E-state index contributed by atoms with van der Waals surface area (Å²) in [6.45, 7) is 5.99. The normalized spacial score (nSPS) is 16.4. The number of nitrogens with zero attached hydrogens (tertiary/aromatic N) is 1. The van der Waals surface area contributed by atoms with E-state index in [1.807, 2.05) is 24.3 Å². The lowest BCUT2D eigenvalue weighted by Crippen LogP contribution is -2.48. The minimum Gasteiger partial charge on any atom is -0.487 e. The van der Waals surface area contributed by atoms with Gasteiger partial charge in [-0.25, -0.2) is 14.0 Å². The molecule has 0 saturated heterocycles. The smallest absolute Gasteiger partial charge is 0.338 e. The first-order valence-electron chi connectivity index (χ1n) is 10.2. The molecule has 0 fully saturated rings. The number of carbonyl (C=O) groups is 2. The summed E-state index contributed by atoms with van der Waals surface area (Å²) in [6, 6.07) is 12.2. The van der Waals surface area contributed by atoms with E-state index in [1.54, 1.807) is 19.1 Å². The number of urea groups is 1. The Kier molecular flexibility index (Phi) is 6.95. The highest BCUT2D eigenvalue weighted by Crippen LogP contribution is 2.32. The van der Waals surface area contributed by atoms with E-state index in [1.165, 1.54) is 29.6 Å². The highest BCUT2D eigenvalue weighted by molar-refractivity contribution is 5.95. The Bertz CT molecular complexity index is 985. The molecule has 0 spiro atoms. The molecular weight excluding hydrogens is 399 g/mol. The number of ether oxygens (including phenoxy) is 2. The van der Waals surface area contributed by atoms with E-state index in [0.29, 0.717) is 17.4 Å². The van der Waals surface area contributed by atoms with Gasteiger partial charge in [-0.15, -0.1) is 0 Å². The van der Waals surface area contributed by atoms with E-state index in [0.717, 1.165) is 0 Å². The van der Waals surface area contributed by atoms with Crippen molar-refractivity contribution in [2.75, 3.05) is 20.3 Å². The topological polar surface area (TPSA) is 67.9 Å². The molecule has 1 aliphatic heterocycles. The van der Waals surface area contributed by atoms with Gasteiger partial charge in [-0.3, -0.25) is 4.90 Å². The van der Waals surface area contributed by atoms with Crippen LogP contribution in [0.1, 0.15) is 43.9 Å². The van der Waals surface area contributed by atoms with Crippen molar-refractivity contribution in [1.29, 1.82) is 0 Å². The second kappa shape index (κ2) is 9.64. The van der Waals surface area contributed by atoms with Crippen molar-refractivity contribution >= 4 is 12.0 Å². The fourth-order valence-corrected chi connectivity index (χ4v) is 3.42. The van der Waals surface area contributed by atoms with Gasteiger partial charge in [0.05, 0.1) is 23.9 Å². The van der Waals surface area contributed by atoms with Crippen molar-refractivity contribution in [3.05, 3.63) is 76.7 Å². The third-order valence-electron chi connectivity index (χ3n) is 5.21. The van der Waals surface area contributed by atoms with E-state index < -0.39 is 23.9 Å². The number of benzene rings is 2. The Labute approximate surface area is 181 Å². The van der Waals surface area contributed by atoms with Gasteiger partial charge in [0.15, 0.2) is 0 Å². The van der Waals surface area contributed by atoms with Gasteiger partial charge in [0.1, 0.15) is 18.2 Å². The molecule has 2 amide bonds. The van der Waals surface area contributed by atoms with Crippen LogP contribution >= 0.6 is 0 Å². The largest absolute Gasteiger partial charge is 0.487 e. The van der Waals surface area contributed by atoms with Crippen LogP contribution in [0.4, 0.5) is 9.18 Å². The average molecular weight is 426 g/mol. The van der Waals surface area contributed by atoms with Gasteiger partial charge in [-0.1, -0.05) is 44.2 Å². The third-order valence-corrected chi connectivity index (χ3v) is 5.21. The van der Waals surface area contributed by atoms with Crippen LogP contribution in [-0.2, 0) is 9.53 Å². The number of amides is 2. The van der Waals surface area contributed by atoms with Crippen LogP contribution < -0.4 is 10.1 Å². The molecule has 1 atom stereocenters.